The maximum atomic E-state index is 11.0. The lowest BCUT2D eigenvalue weighted by Crippen LogP contribution is -2.11. The molecule has 0 bridgehead atoms. The number of aromatic nitrogens is 6. The van der Waals surface area contributed by atoms with E-state index in [1.54, 1.807) is 23.3 Å². The van der Waals surface area contributed by atoms with Crippen molar-refractivity contribution in [2.75, 3.05) is 5.32 Å². The fourth-order valence-electron chi connectivity index (χ4n) is 1.60. The third kappa shape index (κ3) is 1.69. The largest absolute Gasteiger partial charge is 0.340 e. The molecular weight excluding hydrogens is 234 g/mol. The summed E-state index contributed by atoms with van der Waals surface area (Å²) in [6.07, 6.45) is 6.53. The smallest absolute Gasteiger partial charge is 0.233 e. The van der Waals surface area contributed by atoms with Crippen LogP contribution in [0.3, 0.4) is 0 Å². The van der Waals surface area contributed by atoms with E-state index >= 15 is 0 Å². The van der Waals surface area contributed by atoms with Gasteiger partial charge in [0.1, 0.15) is 11.8 Å². The van der Waals surface area contributed by atoms with Crippen molar-refractivity contribution in [2.24, 2.45) is 0 Å². The van der Waals surface area contributed by atoms with E-state index in [1.165, 1.54) is 13.3 Å². The van der Waals surface area contributed by atoms with E-state index in [0.717, 1.165) is 0 Å². The highest BCUT2D eigenvalue weighted by Crippen LogP contribution is 2.17. The highest BCUT2D eigenvalue weighted by Gasteiger charge is 2.11. The summed E-state index contributed by atoms with van der Waals surface area (Å²) >= 11 is 0. The third-order valence-corrected chi connectivity index (χ3v) is 2.30. The first kappa shape index (κ1) is 10.4. The molecule has 90 valence electrons. The predicted octanol–water partition coefficient (Wildman–Crippen LogP) is 0.497. The van der Waals surface area contributed by atoms with E-state index in [1.807, 2.05) is 0 Å². The minimum Gasteiger partial charge on any atom is -0.340 e. The predicted molar refractivity (Wildman–Crippen MR) is 63.1 cm³/mol. The van der Waals surface area contributed by atoms with Gasteiger partial charge in [-0.15, -0.1) is 0 Å². The first-order valence-electron chi connectivity index (χ1n) is 5.21. The molecule has 0 saturated heterocycles. The van der Waals surface area contributed by atoms with Gasteiger partial charge < -0.3 is 4.98 Å². The Labute approximate surface area is 101 Å². The standard InChI is InChI=1S/C10H9N7O/c1-6(18)14-10-15-8-7(12-4-13-8)9(16-10)17-3-2-11-5-17/h2-5H,1H3,(H2,12,13,14,15,16,18). The lowest BCUT2D eigenvalue weighted by molar-refractivity contribution is -0.114. The summed E-state index contributed by atoms with van der Waals surface area (Å²) in [5.41, 5.74) is 1.17. The lowest BCUT2D eigenvalue weighted by atomic mass is 10.5. The number of H-pyrrole nitrogens is 1. The third-order valence-electron chi connectivity index (χ3n) is 2.30. The Morgan fingerprint density at radius 2 is 2.33 bits per heavy atom. The van der Waals surface area contributed by atoms with Crippen molar-refractivity contribution in [3.8, 4) is 5.82 Å². The van der Waals surface area contributed by atoms with Crippen molar-refractivity contribution in [2.45, 2.75) is 6.92 Å². The Balaban J connectivity index is 2.21. The first-order chi connectivity index (χ1) is 8.74. The quantitative estimate of drug-likeness (QED) is 0.682. The van der Waals surface area contributed by atoms with E-state index in [2.05, 4.69) is 30.2 Å². The molecule has 2 N–H and O–H groups in total. The van der Waals surface area contributed by atoms with E-state index in [-0.39, 0.29) is 11.9 Å². The molecule has 8 heteroatoms. The molecule has 3 aromatic rings. The van der Waals surface area contributed by atoms with Crippen LogP contribution in [0.2, 0.25) is 0 Å². The summed E-state index contributed by atoms with van der Waals surface area (Å²) in [5, 5.41) is 2.54. The van der Waals surface area contributed by atoms with Crippen LogP contribution in [0.25, 0.3) is 17.0 Å². The molecule has 0 fully saturated rings. The zero-order valence-corrected chi connectivity index (χ0v) is 9.45. The summed E-state index contributed by atoms with van der Waals surface area (Å²) in [7, 11) is 0. The van der Waals surface area contributed by atoms with Gasteiger partial charge in [-0.2, -0.15) is 9.97 Å². The van der Waals surface area contributed by atoms with Crippen LogP contribution in [0.15, 0.2) is 25.0 Å². The Morgan fingerprint density at radius 3 is 3.06 bits per heavy atom. The molecule has 8 nitrogen and oxygen atoms in total. The monoisotopic (exact) mass is 243 g/mol. The molecule has 0 aliphatic rings. The zero-order chi connectivity index (χ0) is 12.5. The van der Waals surface area contributed by atoms with Crippen LogP contribution in [0.1, 0.15) is 6.92 Å². The number of imidazole rings is 2. The van der Waals surface area contributed by atoms with Crippen LogP contribution in [0.4, 0.5) is 5.95 Å². The zero-order valence-electron chi connectivity index (χ0n) is 9.45. The maximum Gasteiger partial charge on any atom is 0.233 e. The number of aromatic amines is 1. The normalized spacial score (nSPS) is 10.7. The highest BCUT2D eigenvalue weighted by molar-refractivity contribution is 5.88. The van der Waals surface area contributed by atoms with Crippen molar-refractivity contribution in [1.82, 2.24) is 29.5 Å². The molecule has 0 unspecified atom stereocenters. The molecule has 0 aliphatic carbocycles. The Hall–Kier alpha value is -2.77. The number of carbonyl (C=O) groups excluding carboxylic acids is 1. The number of hydrogen-bond acceptors (Lipinski definition) is 5. The molecule has 0 spiro atoms. The van der Waals surface area contributed by atoms with E-state index < -0.39 is 0 Å². The molecule has 0 saturated carbocycles. The van der Waals surface area contributed by atoms with Crippen LogP contribution in [-0.2, 0) is 4.79 Å². The molecule has 0 radical (unpaired) electrons. The second-order valence-corrected chi connectivity index (χ2v) is 3.62. The van der Waals surface area contributed by atoms with Crippen molar-refractivity contribution < 1.29 is 4.79 Å². The molecule has 3 aromatic heterocycles. The molecule has 18 heavy (non-hydrogen) atoms. The topological polar surface area (TPSA) is 101 Å². The van der Waals surface area contributed by atoms with Gasteiger partial charge >= 0.3 is 0 Å². The number of nitrogens with zero attached hydrogens (tertiary/aromatic N) is 5. The van der Waals surface area contributed by atoms with Crippen molar-refractivity contribution in [3.63, 3.8) is 0 Å². The summed E-state index contributed by atoms with van der Waals surface area (Å²) in [6, 6.07) is 0. The summed E-state index contributed by atoms with van der Waals surface area (Å²) in [4.78, 5) is 30.4. The summed E-state index contributed by atoms with van der Waals surface area (Å²) in [5.74, 6) is 0.561. The van der Waals surface area contributed by atoms with Gasteiger partial charge in [0.05, 0.1) is 6.33 Å². The fraction of sp³-hybridized carbons (Fsp3) is 0.100. The average Bonchev–Trinajstić information content (AvgIpc) is 2.97. The van der Waals surface area contributed by atoms with Gasteiger partial charge in [-0.3, -0.25) is 14.7 Å². The molecule has 1 amide bonds. The van der Waals surface area contributed by atoms with Gasteiger partial charge in [0.2, 0.25) is 11.9 Å². The maximum absolute atomic E-state index is 11.0. The molecule has 0 atom stereocenters. The number of carbonyl (C=O) groups is 1. The SMILES string of the molecule is CC(=O)Nc1nc(-n2ccnc2)c2[nH]cnc2n1. The minimum absolute atomic E-state index is 0.214. The van der Waals surface area contributed by atoms with E-state index in [4.69, 9.17) is 0 Å². The van der Waals surface area contributed by atoms with Gasteiger partial charge in [0.25, 0.3) is 0 Å². The number of rotatable bonds is 2. The summed E-state index contributed by atoms with van der Waals surface area (Å²) in [6.45, 7) is 1.40. The molecule has 3 rings (SSSR count). The van der Waals surface area contributed by atoms with Crippen molar-refractivity contribution in [1.29, 1.82) is 0 Å². The Morgan fingerprint density at radius 1 is 1.44 bits per heavy atom. The second-order valence-electron chi connectivity index (χ2n) is 3.62. The van der Waals surface area contributed by atoms with Crippen LogP contribution < -0.4 is 5.32 Å². The summed E-state index contributed by atoms with van der Waals surface area (Å²) < 4.78 is 1.72. The van der Waals surface area contributed by atoms with Crippen LogP contribution >= 0.6 is 0 Å². The number of nitrogens with one attached hydrogen (secondary N) is 2. The van der Waals surface area contributed by atoms with Crippen LogP contribution in [0, 0.1) is 0 Å². The van der Waals surface area contributed by atoms with Gasteiger partial charge in [0.15, 0.2) is 11.5 Å². The second kappa shape index (κ2) is 3.91. The molecule has 0 aromatic carbocycles. The Kier molecular flexibility index (Phi) is 2.26. The van der Waals surface area contributed by atoms with E-state index in [0.29, 0.717) is 17.0 Å². The molecule has 3 heterocycles. The average molecular weight is 243 g/mol. The van der Waals surface area contributed by atoms with Gasteiger partial charge in [0, 0.05) is 19.3 Å². The van der Waals surface area contributed by atoms with Crippen molar-refractivity contribution >= 4 is 23.0 Å². The van der Waals surface area contributed by atoms with E-state index in [9.17, 15) is 4.79 Å². The highest BCUT2D eigenvalue weighted by atomic mass is 16.1. The van der Waals surface area contributed by atoms with Gasteiger partial charge in [-0.25, -0.2) is 9.97 Å². The van der Waals surface area contributed by atoms with Gasteiger partial charge in [-0.1, -0.05) is 0 Å². The molecule has 0 aliphatic heterocycles. The Bertz CT molecular complexity index is 700. The first-order valence-corrected chi connectivity index (χ1v) is 5.21. The molecular formula is C10H9N7O. The van der Waals surface area contributed by atoms with Crippen LogP contribution in [-0.4, -0.2) is 35.4 Å². The number of hydrogen-bond donors (Lipinski definition) is 2. The van der Waals surface area contributed by atoms with Crippen LogP contribution in [0.5, 0.6) is 0 Å². The lowest BCUT2D eigenvalue weighted by Gasteiger charge is -2.05. The number of anilines is 1. The van der Waals surface area contributed by atoms with Crippen molar-refractivity contribution in [3.05, 3.63) is 25.0 Å². The van der Waals surface area contributed by atoms with Gasteiger partial charge in [-0.05, 0) is 0 Å². The number of fused-ring (bicyclic) bond motifs is 1. The minimum atomic E-state index is -0.235. The fourth-order valence-corrected chi connectivity index (χ4v) is 1.60. The number of amides is 1.